The van der Waals surface area contributed by atoms with Crippen LogP contribution in [0.1, 0.15) is 39.1 Å². The van der Waals surface area contributed by atoms with Gasteiger partial charge in [-0.1, -0.05) is 12.1 Å². The molecule has 0 spiro atoms. The van der Waals surface area contributed by atoms with Gasteiger partial charge in [-0.25, -0.2) is 4.98 Å². The van der Waals surface area contributed by atoms with Crippen LogP contribution in [0.5, 0.6) is 0 Å². The molecule has 8 nitrogen and oxygen atoms in total. The molecule has 0 radical (unpaired) electrons. The van der Waals surface area contributed by atoms with Gasteiger partial charge < -0.3 is 10.2 Å². The normalized spacial score (nSPS) is 16.4. The van der Waals surface area contributed by atoms with Crippen LogP contribution < -0.4 is 10.2 Å². The number of pyridine rings is 1. The smallest absolute Gasteiger partial charge is 0.262 e. The number of hydrogen-bond donors (Lipinski definition) is 1. The Balaban J connectivity index is 1.26. The Labute approximate surface area is 174 Å². The van der Waals surface area contributed by atoms with Gasteiger partial charge in [0, 0.05) is 25.8 Å². The van der Waals surface area contributed by atoms with E-state index in [0.717, 1.165) is 30.8 Å². The number of benzene rings is 1. The Bertz CT molecular complexity index is 1000. The van der Waals surface area contributed by atoms with Crippen molar-refractivity contribution in [3.63, 3.8) is 0 Å². The minimum Gasteiger partial charge on any atom is -0.356 e. The molecule has 2 aliphatic rings. The highest BCUT2D eigenvalue weighted by molar-refractivity contribution is 6.22. The highest BCUT2D eigenvalue weighted by Crippen LogP contribution is 2.24. The quantitative estimate of drug-likeness (QED) is 0.760. The number of nitrogens with zero attached hydrogens (tertiary/aromatic N) is 4. The summed E-state index contributed by atoms with van der Waals surface area (Å²) >= 11 is 0. The first-order valence-corrected chi connectivity index (χ1v) is 9.90. The number of hydrogen-bond acceptors (Lipinski definition) is 6. The molecule has 8 heteroatoms. The third-order valence-electron chi connectivity index (χ3n) is 5.59. The van der Waals surface area contributed by atoms with Crippen molar-refractivity contribution in [2.24, 2.45) is 5.92 Å². The first-order chi connectivity index (χ1) is 14.6. The van der Waals surface area contributed by atoms with Crippen molar-refractivity contribution < 1.29 is 14.4 Å². The van der Waals surface area contributed by atoms with E-state index in [9.17, 15) is 19.6 Å². The van der Waals surface area contributed by atoms with Crippen molar-refractivity contribution in [3.8, 4) is 6.07 Å². The van der Waals surface area contributed by atoms with E-state index in [1.165, 1.54) is 0 Å². The monoisotopic (exact) mass is 403 g/mol. The number of nitriles is 1. The van der Waals surface area contributed by atoms with Crippen molar-refractivity contribution >= 4 is 23.5 Å². The summed E-state index contributed by atoms with van der Waals surface area (Å²) in [6.07, 6.45) is 3.39. The van der Waals surface area contributed by atoms with Crippen molar-refractivity contribution in [1.29, 1.82) is 5.26 Å². The molecule has 2 aliphatic heterocycles. The highest BCUT2D eigenvalue weighted by atomic mass is 16.2. The number of piperidine rings is 1. The first kappa shape index (κ1) is 19.6. The second kappa shape index (κ2) is 8.33. The van der Waals surface area contributed by atoms with Crippen LogP contribution in [0, 0.1) is 17.2 Å². The van der Waals surface area contributed by atoms with E-state index in [-0.39, 0.29) is 12.5 Å². The third-order valence-corrected chi connectivity index (χ3v) is 5.59. The summed E-state index contributed by atoms with van der Waals surface area (Å²) in [6, 6.07) is 12.3. The number of aromatic nitrogens is 1. The molecule has 0 saturated carbocycles. The molecule has 0 aliphatic carbocycles. The van der Waals surface area contributed by atoms with Crippen LogP contribution in [0.4, 0.5) is 5.82 Å². The van der Waals surface area contributed by atoms with Gasteiger partial charge in [0.05, 0.1) is 16.7 Å². The first-order valence-electron chi connectivity index (χ1n) is 9.90. The molecule has 1 fully saturated rings. The van der Waals surface area contributed by atoms with Crippen molar-refractivity contribution in [3.05, 3.63) is 59.3 Å². The lowest BCUT2D eigenvalue weighted by atomic mass is 9.96. The predicted molar refractivity (Wildman–Crippen MR) is 109 cm³/mol. The molecule has 4 rings (SSSR count). The molecule has 0 unspecified atom stereocenters. The number of carbonyl (C=O) groups excluding carboxylic acids is 3. The second-order valence-electron chi connectivity index (χ2n) is 7.46. The summed E-state index contributed by atoms with van der Waals surface area (Å²) in [5.74, 6) is -0.205. The van der Waals surface area contributed by atoms with Crippen LogP contribution in [0.2, 0.25) is 0 Å². The van der Waals surface area contributed by atoms with Crippen LogP contribution in [0.3, 0.4) is 0 Å². The van der Waals surface area contributed by atoms with E-state index in [0.29, 0.717) is 35.0 Å². The molecule has 152 valence electrons. The molecule has 2 aromatic rings. The number of carbonyl (C=O) groups is 3. The zero-order chi connectivity index (χ0) is 21.1. The van der Waals surface area contributed by atoms with Gasteiger partial charge in [-0.2, -0.15) is 5.26 Å². The fourth-order valence-corrected chi connectivity index (χ4v) is 3.93. The summed E-state index contributed by atoms with van der Waals surface area (Å²) in [5, 5.41) is 12.1. The summed E-state index contributed by atoms with van der Waals surface area (Å²) in [4.78, 5) is 44.5. The van der Waals surface area contributed by atoms with Crippen LogP contribution in [-0.4, -0.2) is 53.8 Å². The van der Waals surface area contributed by atoms with Crippen LogP contribution in [0.15, 0.2) is 42.6 Å². The number of rotatable bonds is 5. The van der Waals surface area contributed by atoms with Gasteiger partial charge in [-0.3, -0.25) is 19.3 Å². The number of fused-ring (bicyclic) bond motifs is 1. The van der Waals surface area contributed by atoms with Crippen molar-refractivity contribution in [2.45, 2.75) is 12.8 Å². The standard InChI is InChI=1S/C22H21N5O3/c23-12-16-4-3-9-24-20(16)26-10-7-15(8-11-26)13-25-19(28)14-27-21(29)17-5-1-2-6-18(17)22(27)30/h1-6,9,15H,7-8,10-11,13-14H2,(H,25,28). The second-order valence-corrected chi connectivity index (χ2v) is 7.46. The zero-order valence-corrected chi connectivity index (χ0v) is 16.4. The fraction of sp³-hybridized carbons (Fsp3) is 0.318. The SMILES string of the molecule is N#Cc1cccnc1N1CCC(CNC(=O)CN2C(=O)c3ccccc3C2=O)CC1. The van der Waals surface area contributed by atoms with E-state index in [1.807, 2.05) is 0 Å². The summed E-state index contributed by atoms with van der Waals surface area (Å²) < 4.78 is 0. The van der Waals surface area contributed by atoms with E-state index in [1.54, 1.807) is 42.6 Å². The maximum Gasteiger partial charge on any atom is 0.262 e. The molecule has 0 bridgehead atoms. The Morgan fingerprint density at radius 1 is 1.10 bits per heavy atom. The van der Waals surface area contributed by atoms with Crippen molar-refractivity contribution in [2.75, 3.05) is 31.1 Å². The lowest BCUT2D eigenvalue weighted by molar-refractivity contribution is -0.121. The van der Waals surface area contributed by atoms with Crippen molar-refractivity contribution in [1.82, 2.24) is 15.2 Å². The molecule has 30 heavy (non-hydrogen) atoms. The molecule has 1 aromatic carbocycles. The Morgan fingerprint density at radius 2 is 1.77 bits per heavy atom. The van der Waals surface area contributed by atoms with Crippen LogP contribution in [-0.2, 0) is 4.79 Å². The molecule has 1 aromatic heterocycles. The fourth-order valence-electron chi connectivity index (χ4n) is 3.93. The Morgan fingerprint density at radius 3 is 2.40 bits per heavy atom. The molecular formula is C22H21N5O3. The highest BCUT2D eigenvalue weighted by Gasteiger charge is 2.36. The van der Waals surface area contributed by atoms with E-state index in [2.05, 4.69) is 21.3 Å². The van der Waals surface area contributed by atoms with E-state index >= 15 is 0 Å². The molecule has 3 amide bonds. The van der Waals surface area contributed by atoms with Crippen LogP contribution >= 0.6 is 0 Å². The maximum atomic E-state index is 12.4. The largest absolute Gasteiger partial charge is 0.356 e. The topological polar surface area (TPSA) is 106 Å². The third kappa shape index (κ3) is 3.74. The molecule has 3 heterocycles. The van der Waals surface area contributed by atoms with Gasteiger partial charge in [0.25, 0.3) is 11.8 Å². The predicted octanol–water partition coefficient (Wildman–Crippen LogP) is 1.58. The Kier molecular flexibility index (Phi) is 5.44. The number of anilines is 1. The minimum atomic E-state index is -0.428. The average Bonchev–Trinajstić information content (AvgIpc) is 3.03. The summed E-state index contributed by atoms with van der Waals surface area (Å²) in [6.45, 7) is 1.73. The van der Waals surface area contributed by atoms with Gasteiger partial charge in [-0.15, -0.1) is 0 Å². The summed E-state index contributed by atoms with van der Waals surface area (Å²) in [5.41, 5.74) is 1.24. The minimum absolute atomic E-state index is 0.273. The molecular weight excluding hydrogens is 382 g/mol. The lowest BCUT2D eigenvalue weighted by Gasteiger charge is -2.33. The van der Waals surface area contributed by atoms with Gasteiger partial charge in [0.2, 0.25) is 5.91 Å². The number of amides is 3. The Hall–Kier alpha value is -3.73. The van der Waals surface area contributed by atoms with Gasteiger partial charge in [-0.05, 0) is 43.0 Å². The zero-order valence-electron chi connectivity index (χ0n) is 16.4. The molecule has 0 atom stereocenters. The average molecular weight is 403 g/mol. The van der Waals surface area contributed by atoms with E-state index in [4.69, 9.17) is 0 Å². The lowest BCUT2D eigenvalue weighted by Crippen LogP contribution is -2.43. The maximum absolute atomic E-state index is 12.4. The number of nitrogens with one attached hydrogen (secondary N) is 1. The van der Waals surface area contributed by atoms with Gasteiger partial charge in [0.15, 0.2) is 0 Å². The van der Waals surface area contributed by atoms with Gasteiger partial charge >= 0.3 is 0 Å². The molecule has 1 saturated heterocycles. The van der Waals surface area contributed by atoms with Crippen LogP contribution in [0.25, 0.3) is 0 Å². The molecule has 1 N–H and O–H groups in total. The van der Waals surface area contributed by atoms with Gasteiger partial charge in [0.1, 0.15) is 18.4 Å². The van der Waals surface area contributed by atoms with E-state index < -0.39 is 11.8 Å². The summed E-state index contributed by atoms with van der Waals surface area (Å²) in [7, 11) is 0. The number of imide groups is 1.